The molecule has 0 saturated carbocycles. The van der Waals surface area contributed by atoms with Gasteiger partial charge in [-0.25, -0.2) is 4.79 Å². The number of aryl methyl sites for hydroxylation is 1. The number of thiophene rings is 1. The molecule has 1 aliphatic heterocycles. The van der Waals surface area contributed by atoms with Crippen molar-refractivity contribution in [3.05, 3.63) is 64.0 Å². The molecule has 5 rings (SSSR count). The minimum atomic E-state index is -0.225. The summed E-state index contributed by atoms with van der Waals surface area (Å²) in [5.41, 5.74) is 3.26. The third-order valence-electron chi connectivity index (χ3n) is 7.05. The summed E-state index contributed by atoms with van der Waals surface area (Å²) in [6.45, 7) is 6.84. The number of rotatable bonds is 5. The first-order valence-electron chi connectivity index (χ1n) is 12.7. The predicted octanol–water partition coefficient (Wildman–Crippen LogP) is 5.86. The number of nitrogens with one attached hydrogen (secondary N) is 1. The van der Waals surface area contributed by atoms with Gasteiger partial charge in [0.05, 0.1) is 12.2 Å². The highest BCUT2D eigenvalue weighted by Crippen LogP contribution is 2.38. The second kappa shape index (κ2) is 11.1. The van der Waals surface area contributed by atoms with Crippen LogP contribution < -0.4 is 5.32 Å². The quantitative estimate of drug-likeness (QED) is 0.265. The highest BCUT2D eigenvalue weighted by Gasteiger charge is 2.27. The number of carbonyl (C=O) groups is 1. The summed E-state index contributed by atoms with van der Waals surface area (Å²) in [5.74, 6) is -0.225. The maximum atomic E-state index is 12.9. The van der Waals surface area contributed by atoms with Crippen molar-refractivity contribution < 1.29 is 9.53 Å². The standard InChI is InChI=1S/C28H33N3O2S2/c1-2-33-27(32)25-23-13-4-3-5-14-24(23)35-26(25)29-28(34)31-17-15-30(16-18-31)19-21-11-8-10-20-9-6-7-12-22(20)21/h6-12H,2-5,13-19H2,1H3,(H,29,34). The van der Waals surface area contributed by atoms with Gasteiger partial charge in [0, 0.05) is 37.6 Å². The van der Waals surface area contributed by atoms with Crippen molar-refractivity contribution in [2.75, 3.05) is 38.1 Å². The number of esters is 1. The van der Waals surface area contributed by atoms with Crippen LogP contribution in [0, 0.1) is 0 Å². The molecule has 3 aromatic rings. The first-order valence-corrected chi connectivity index (χ1v) is 13.9. The Morgan fingerprint density at radius 3 is 2.63 bits per heavy atom. The molecule has 184 valence electrons. The molecule has 1 saturated heterocycles. The number of hydrogen-bond donors (Lipinski definition) is 1. The fraction of sp³-hybridized carbons (Fsp3) is 0.429. The van der Waals surface area contributed by atoms with Gasteiger partial charge in [-0.05, 0) is 66.7 Å². The highest BCUT2D eigenvalue weighted by atomic mass is 32.1. The molecule has 7 heteroatoms. The lowest BCUT2D eigenvalue weighted by atomic mass is 10.0. The fourth-order valence-electron chi connectivity index (χ4n) is 5.21. The highest BCUT2D eigenvalue weighted by molar-refractivity contribution is 7.80. The molecule has 0 radical (unpaired) electrons. The molecule has 1 fully saturated rings. The van der Waals surface area contributed by atoms with Crippen LogP contribution in [0.3, 0.4) is 0 Å². The van der Waals surface area contributed by atoms with E-state index in [1.165, 1.54) is 39.6 Å². The monoisotopic (exact) mass is 507 g/mol. The summed E-state index contributed by atoms with van der Waals surface area (Å²) in [4.78, 5) is 18.9. The van der Waals surface area contributed by atoms with Gasteiger partial charge in [-0.2, -0.15) is 0 Å². The van der Waals surface area contributed by atoms with Crippen LogP contribution in [0.1, 0.15) is 52.5 Å². The van der Waals surface area contributed by atoms with Gasteiger partial charge in [0.2, 0.25) is 0 Å². The molecule has 0 unspecified atom stereocenters. The molecule has 1 aromatic heterocycles. The Morgan fingerprint density at radius 1 is 1.03 bits per heavy atom. The van der Waals surface area contributed by atoms with E-state index in [9.17, 15) is 4.79 Å². The Labute approximate surface area is 217 Å². The third kappa shape index (κ3) is 5.37. The van der Waals surface area contributed by atoms with Crippen molar-refractivity contribution in [2.45, 2.75) is 45.6 Å². The summed E-state index contributed by atoms with van der Waals surface area (Å²) < 4.78 is 5.43. The Bertz CT molecular complexity index is 1210. The van der Waals surface area contributed by atoms with E-state index < -0.39 is 0 Å². The maximum Gasteiger partial charge on any atom is 0.341 e. The molecule has 2 aromatic carbocycles. The Balaban J connectivity index is 1.24. The van der Waals surface area contributed by atoms with Crippen LogP contribution >= 0.6 is 23.6 Å². The summed E-state index contributed by atoms with van der Waals surface area (Å²) in [6.07, 6.45) is 5.50. The van der Waals surface area contributed by atoms with Crippen molar-refractivity contribution >= 4 is 50.4 Å². The second-order valence-corrected chi connectivity index (χ2v) is 10.8. The molecule has 0 spiro atoms. The van der Waals surface area contributed by atoms with Gasteiger partial charge >= 0.3 is 5.97 Å². The molecular formula is C28H33N3O2S2. The lowest BCUT2D eigenvalue weighted by Gasteiger charge is -2.36. The zero-order chi connectivity index (χ0) is 24.2. The molecule has 0 atom stereocenters. The van der Waals surface area contributed by atoms with E-state index in [1.807, 2.05) is 6.92 Å². The van der Waals surface area contributed by atoms with Crippen molar-refractivity contribution in [3.8, 4) is 0 Å². The molecule has 0 amide bonds. The number of benzene rings is 2. The van der Waals surface area contributed by atoms with Gasteiger partial charge in [0.25, 0.3) is 0 Å². The minimum Gasteiger partial charge on any atom is -0.462 e. The van der Waals surface area contributed by atoms with Gasteiger partial charge in [-0.3, -0.25) is 4.90 Å². The predicted molar refractivity (Wildman–Crippen MR) is 149 cm³/mol. The molecule has 2 heterocycles. The number of anilines is 1. The van der Waals surface area contributed by atoms with E-state index in [1.54, 1.807) is 11.3 Å². The molecule has 35 heavy (non-hydrogen) atoms. The maximum absolute atomic E-state index is 12.9. The van der Waals surface area contributed by atoms with Gasteiger partial charge in [0.1, 0.15) is 5.00 Å². The van der Waals surface area contributed by atoms with Crippen LogP contribution in [0.15, 0.2) is 42.5 Å². The lowest BCUT2D eigenvalue weighted by molar-refractivity contribution is 0.0527. The summed E-state index contributed by atoms with van der Waals surface area (Å²) in [6, 6.07) is 15.2. The van der Waals surface area contributed by atoms with Gasteiger partial charge < -0.3 is 15.0 Å². The molecule has 1 aliphatic carbocycles. The van der Waals surface area contributed by atoms with E-state index in [0.717, 1.165) is 57.0 Å². The molecule has 2 aliphatic rings. The van der Waals surface area contributed by atoms with Crippen molar-refractivity contribution in [2.24, 2.45) is 0 Å². The zero-order valence-corrected chi connectivity index (χ0v) is 22.0. The van der Waals surface area contributed by atoms with E-state index in [-0.39, 0.29) is 5.97 Å². The van der Waals surface area contributed by atoms with Crippen LogP contribution in [0.4, 0.5) is 5.00 Å². The van der Waals surface area contributed by atoms with E-state index in [4.69, 9.17) is 17.0 Å². The van der Waals surface area contributed by atoms with Gasteiger partial charge in [-0.15, -0.1) is 11.3 Å². The third-order valence-corrected chi connectivity index (χ3v) is 8.62. The van der Waals surface area contributed by atoms with Crippen molar-refractivity contribution in [3.63, 3.8) is 0 Å². The zero-order valence-electron chi connectivity index (χ0n) is 20.3. The van der Waals surface area contributed by atoms with E-state index in [0.29, 0.717) is 17.3 Å². The molecule has 1 N–H and O–H groups in total. The average molecular weight is 508 g/mol. The normalized spacial score (nSPS) is 16.5. The van der Waals surface area contributed by atoms with Gasteiger partial charge in [0.15, 0.2) is 5.11 Å². The Morgan fingerprint density at radius 2 is 1.80 bits per heavy atom. The minimum absolute atomic E-state index is 0.225. The number of fused-ring (bicyclic) bond motifs is 2. The summed E-state index contributed by atoms with van der Waals surface area (Å²) >= 11 is 7.51. The second-order valence-electron chi connectivity index (χ2n) is 9.32. The topological polar surface area (TPSA) is 44.8 Å². The number of hydrogen-bond acceptors (Lipinski definition) is 5. The number of thiocarbonyl (C=S) groups is 1. The van der Waals surface area contributed by atoms with Crippen LogP contribution in [-0.4, -0.2) is 53.7 Å². The smallest absolute Gasteiger partial charge is 0.341 e. The van der Waals surface area contributed by atoms with E-state index in [2.05, 4.69) is 57.6 Å². The lowest BCUT2D eigenvalue weighted by Crippen LogP contribution is -2.49. The Hall–Kier alpha value is -2.48. The Kier molecular flexibility index (Phi) is 7.66. The average Bonchev–Trinajstić information content (AvgIpc) is 3.05. The molecular weight excluding hydrogens is 474 g/mol. The number of ether oxygens (including phenoxy) is 1. The number of nitrogens with zero attached hydrogens (tertiary/aromatic N) is 2. The van der Waals surface area contributed by atoms with Crippen LogP contribution in [0.25, 0.3) is 10.8 Å². The molecule has 0 bridgehead atoms. The SMILES string of the molecule is CCOC(=O)c1c(NC(=S)N2CCN(Cc3cccc4ccccc34)CC2)sc2c1CCCCC2. The summed E-state index contributed by atoms with van der Waals surface area (Å²) in [7, 11) is 0. The van der Waals surface area contributed by atoms with Crippen molar-refractivity contribution in [1.29, 1.82) is 0 Å². The van der Waals surface area contributed by atoms with Crippen LogP contribution in [-0.2, 0) is 24.1 Å². The first-order chi connectivity index (χ1) is 17.1. The summed E-state index contributed by atoms with van der Waals surface area (Å²) in [5, 5.41) is 7.63. The molecule has 5 nitrogen and oxygen atoms in total. The van der Waals surface area contributed by atoms with Crippen molar-refractivity contribution in [1.82, 2.24) is 9.80 Å². The largest absolute Gasteiger partial charge is 0.462 e. The first kappa shape index (κ1) is 24.2. The van der Waals surface area contributed by atoms with Gasteiger partial charge in [-0.1, -0.05) is 48.9 Å². The van der Waals surface area contributed by atoms with Crippen LogP contribution in [0.2, 0.25) is 0 Å². The number of piperazine rings is 1. The fourth-order valence-corrected chi connectivity index (χ4v) is 6.83. The van der Waals surface area contributed by atoms with E-state index >= 15 is 0 Å². The number of carbonyl (C=O) groups excluding carboxylic acids is 1. The van der Waals surface area contributed by atoms with Crippen LogP contribution in [0.5, 0.6) is 0 Å².